The van der Waals surface area contributed by atoms with E-state index in [-0.39, 0.29) is 0 Å². The molecule has 3 aromatic heterocycles. The van der Waals surface area contributed by atoms with Gasteiger partial charge in [0.2, 0.25) is 0 Å². The van der Waals surface area contributed by atoms with Crippen molar-refractivity contribution in [1.82, 2.24) is 29.4 Å². The van der Waals surface area contributed by atoms with Crippen LogP contribution in [0.2, 0.25) is 0 Å². The third-order valence-electron chi connectivity index (χ3n) is 4.36. The van der Waals surface area contributed by atoms with Crippen LogP contribution in [0.3, 0.4) is 0 Å². The van der Waals surface area contributed by atoms with Crippen LogP contribution in [0.15, 0.2) is 43.1 Å². The number of fused-ring (bicyclic) bond motifs is 1. The molecule has 4 aromatic rings. The molecule has 138 valence electrons. The van der Waals surface area contributed by atoms with E-state index in [9.17, 15) is 9.65 Å². The van der Waals surface area contributed by atoms with Crippen molar-refractivity contribution in [3.8, 4) is 11.8 Å². The molecule has 1 fully saturated rings. The second-order valence-electron chi connectivity index (χ2n) is 6.52. The lowest BCUT2D eigenvalue weighted by Gasteiger charge is -2.12. The predicted octanol–water partition coefficient (Wildman–Crippen LogP) is 2.64. The molecular formula is C18H14FN9. The van der Waals surface area contributed by atoms with Crippen molar-refractivity contribution >= 4 is 22.8 Å². The van der Waals surface area contributed by atoms with Crippen LogP contribution in [0.1, 0.15) is 18.5 Å². The minimum atomic E-state index is -0.423. The van der Waals surface area contributed by atoms with Gasteiger partial charge in [-0.15, -0.1) is 5.10 Å². The van der Waals surface area contributed by atoms with E-state index in [0.29, 0.717) is 34.6 Å². The van der Waals surface area contributed by atoms with E-state index in [1.54, 1.807) is 6.07 Å². The van der Waals surface area contributed by atoms with Gasteiger partial charge in [-0.25, -0.2) is 19.0 Å². The first kappa shape index (κ1) is 16.2. The van der Waals surface area contributed by atoms with Gasteiger partial charge < -0.3 is 10.6 Å². The number of aromatic nitrogens is 6. The molecule has 0 radical (unpaired) electrons. The first-order valence-corrected chi connectivity index (χ1v) is 8.67. The fourth-order valence-electron chi connectivity index (χ4n) is 2.93. The molecule has 0 atom stereocenters. The van der Waals surface area contributed by atoms with Gasteiger partial charge in [0, 0.05) is 17.8 Å². The lowest BCUT2D eigenvalue weighted by molar-refractivity contribution is 0.626. The predicted molar refractivity (Wildman–Crippen MR) is 98.9 cm³/mol. The number of anilines is 3. The highest BCUT2D eigenvalue weighted by atomic mass is 19.1. The molecule has 5 rings (SSSR count). The van der Waals surface area contributed by atoms with Crippen molar-refractivity contribution in [3.05, 3.63) is 54.6 Å². The summed E-state index contributed by atoms with van der Waals surface area (Å²) < 4.78 is 17.1. The van der Waals surface area contributed by atoms with Crippen molar-refractivity contribution in [2.24, 2.45) is 0 Å². The van der Waals surface area contributed by atoms with Crippen LogP contribution >= 0.6 is 0 Å². The Morgan fingerprint density at radius 1 is 1.21 bits per heavy atom. The third kappa shape index (κ3) is 2.99. The van der Waals surface area contributed by atoms with E-state index in [4.69, 9.17) is 0 Å². The van der Waals surface area contributed by atoms with Crippen LogP contribution in [-0.4, -0.2) is 35.4 Å². The summed E-state index contributed by atoms with van der Waals surface area (Å²) in [5, 5.41) is 24.3. The summed E-state index contributed by atoms with van der Waals surface area (Å²) in [4.78, 5) is 8.17. The highest BCUT2D eigenvalue weighted by Crippen LogP contribution is 2.29. The average Bonchev–Trinajstić information content (AvgIpc) is 3.17. The van der Waals surface area contributed by atoms with Crippen molar-refractivity contribution in [2.75, 3.05) is 10.6 Å². The normalized spacial score (nSPS) is 13.4. The smallest absolute Gasteiger partial charge is 0.178 e. The number of imidazole rings is 1. The fourth-order valence-corrected chi connectivity index (χ4v) is 2.93. The fraction of sp³-hybridized carbons (Fsp3) is 0.167. The summed E-state index contributed by atoms with van der Waals surface area (Å²) in [5.41, 5.74) is 2.69. The van der Waals surface area contributed by atoms with Gasteiger partial charge >= 0.3 is 0 Å². The van der Waals surface area contributed by atoms with Gasteiger partial charge in [-0.1, -0.05) is 0 Å². The van der Waals surface area contributed by atoms with E-state index in [1.807, 2.05) is 6.07 Å². The number of hydrogen-bond acceptors (Lipinski definition) is 7. The van der Waals surface area contributed by atoms with E-state index >= 15 is 0 Å². The molecule has 2 N–H and O–H groups in total. The number of nitrogens with one attached hydrogen (secondary N) is 2. The van der Waals surface area contributed by atoms with E-state index in [2.05, 4.69) is 36.9 Å². The molecule has 0 aliphatic heterocycles. The van der Waals surface area contributed by atoms with E-state index in [0.717, 1.165) is 18.5 Å². The molecule has 0 amide bonds. The molecule has 1 saturated carbocycles. The summed E-state index contributed by atoms with van der Waals surface area (Å²) in [5.74, 6) is 0.0357. The van der Waals surface area contributed by atoms with Crippen molar-refractivity contribution in [1.29, 1.82) is 5.26 Å². The Hall–Kier alpha value is -4.00. The largest absolute Gasteiger partial charge is 0.379 e. The molecule has 10 heteroatoms. The molecule has 0 spiro atoms. The number of nitriles is 1. The maximum atomic E-state index is 14.1. The number of halogens is 1. The summed E-state index contributed by atoms with van der Waals surface area (Å²) in [6.45, 7) is 0. The van der Waals surface area contributed by atoms with Crippen LogP contribution in [0.4, 0.5) is 21.6 Å². The Bertz CT molecular complexity index is 1200. The van der Waals surface area contributed by atoms with Gasteiger partial charge in [-0.2, -0.15) is 14.9 Å². The molecule has 28 heavy (non-hydrogen) atoms. The summed E-state index contributed by atoms with van der Waals surface area (Å²) >= 11 is 0. The molecular weight excluding hydrogens is 361 g/mol. The summed E-state index contributed by atoms with van der Waals surface area (Å²) in [6.07, 6.45) is 6.54. The SMILES string of the molecule is N#Cc1cnc2c(NC3CC3)cc(Nc3cc(F)cc(-n4cncn4)c3)nn12. The van der Waals surface area contributed by atoms with Gasteiger partial charge in [0.1, 0.15) is 24.5 Å². The average molecular weight is 375 g/mol. The molecule has 3 heterocycles. The van der Waals surface area contributed by atoms with Gasteiger partial charge in [0.05, 0.1) is 17.6 Å². The maximum absolute atomic E-state index is 14.1. The minimum Gasteiger partial charge on any atom is -0.379 e. The lowest BCUT2D eigenvalue weighted by Crippen LogP contribution is -2.08. The van der Waals surface area contributed by atoms with Crippen molar-refractivity contribution in [2.45, 2.75) is 18.9 Å². The van der Waals surface area contributed by atoms with Crippen LogP contribution < -0.4 is 10.6 Å². The first-order chi connectivity index (χ1) is 13.7. The van der Waals surface area contributed by atoms with Gasteiger partial charge in [0.15, 0.2) is 17.2 Å². The molecule has 1 aliphatic rings. The lowest BCUT2D eigenvalue weighted by atomic mass is 10.2. The second kappa shape index (κ2) is 6.31. The number of benzene rings is 1. The summed E-state index contributed by atoms with van der Waals surface area (Å²) in [7, 11) is 0. The standard InChI is InChI=1S/C18H14FN9/c19-11-3-13(5-14(4-11)27-10-21-9-23-27)25-17-6-16(24-12-1-2-12)18-22-8-15(7-20)28(18)26-17/h3-6,8-10,12,24H,1-2H2,(H,25,26). The number of rotatable bonds is 5. The Labute approximate surface area is 158 Å². The van der Waals surface area contributed by atoms with Crippen LogP contribution in [0, 0.1) is 17.1 Å². The maximum Gasteiger partial charge on any atom is 0.178 e. The zero-order chi connectivity index (χ0) is 19.1. The molecule has 0 unspecified atom stereocenters. The Morgan fingerprint density at radius 3 is 2.86 bits per heavy atom. The Balaban J connectivity index is 1.55. The van der Waals surface area contributed by atoms with E-state index in [1.165, 1.54) is 40.2 Å². The Kier molecular flexibility index (Phi) is 3.65. The van der Waals surface area contributed by atoms with Crippen LogP contribution in [0.25, 0.3) is 11.3 Å². The van der Waals surface area contributed by atoms with Crippen molar-refractivity contribution in [3.63, 3.8) is 0 Å². The molecule has 1 aromatic carbocycles. The highest BCUT2D eigenvalue weighted by Gasteiger charge is 2.23. The van der Waals surface area contributed by atoms with Gasteiger partial charge in [-0.3, -0.25) is 0 Å². The molecule has 0 saturated heterocycles. The van der Waals surface area contributed by atoms with Crippen LogP contribution in [-0.2, 0) is 0 Å². The van der Waals surface area contributed by atoms with Gasteiger partial charge in [-0.05, 0) is 31.0 Å². The van der Waals surface area contributed by atoms with Gasteiger partial charge in [0.25, 0.3) is 0 Å². The van der Waals surface area contributed by atoms with Crippen LogP contribution in [0.5, 0.6) is 0 Å². The zero-order valence-electron chi connectivity index (χ0n) is 14.5. The quantitative estimate of drug-likeness (QED) is 0.552. The highest BCUT2D eigenvalue weighted by molar-refractivity contribution is 5.73. The molecule has 1 aliphatic carbocycles. The Morgan fingerprint density at radius 2 is 2.11 bits per heavy atom. The number of nitrogens with zero attached hydrogens (tertiary/aromatic N) is 7. The summed E-state index contributed by atoms with van der Waals surface area (Å²) in [6, 6.07) is 8.74. The topological polar surface area (TPSA) is 109 Å². The molecule has 9 nitrogen and oxygen atoms in total. The second-order valence-corrected chi connectivity index (χ2v) is 6.52. The first-order valence-electron chi connectivity index (χ1n) is 8.67. The molecule has 0 bridgehead atoms. The van der Waals surface area contributed by atoms with E-state index < -0.39 is 5.82 Å². The zero-order valence-corrected chi connectivity index (χ0v) is 14.5. The monoisotopic (exact) mass is 375 g/mol. The van der Waals surface area contributed by atoms with Crippen molar-refractivity contribution < 1.29 is 4.39 Å². The minimum absolute atomic E-state index is 0.319. The number of hydrogen-bond donors (Lipinski definition) is 2. The third-order valence-corrected chi connectivity index (χ3v) is 4.36.